The molecule has 2 aromatic carbocycles. The van der Waals surface area contributed by atoms with E-state index in [2.05, 4.69) is 26.2 Å². The Hall–Kier alpha value is -3.47. The lowest BCUT2D eigenvalue weighted by molar-refractivity contribution is -0.112. The van der Waals surface area contributed by atoms with Crippen molar-refractivity contribution in [2.75, 3.05) is 5.32 Å². The average molecular weight is 476 g/mol. The molecule has 0 spiro atoms. The molecular formula is C23H14BrN3O2S. The molecule has 4 aromatic rings. The largest absolute Gasteiger partial charge is 0.457 e. The van der Waals surface area contributed by atoms with Gasteiger partial charge in [0.05, 0.1) is 5.69 Å². The highest BCUT2D eigenvalue weighted by Gasteiger charge is 2.14. The van der Waals surface area contributed by atoms with Crippen molar-refractivity contribution in [3.05, 3.63) is 87.9 Å². The molecule has 0 aliphatic heterocycles. The molecule has 0 aliphatic rings. The van der Waals surface area contributed by atoms with Crippen LogP contribution in [0.4, 0.5) is 5.13 Å². The van der Waals surface area contributed by atoms with Crippen molar-refractivity contribution in [2.45, 2.75) is 0 Å². The zero-order valence-corrected chi connectivity index (χ0v) is 17.9. The van der Waals surface area contributed by atoms with Crippen molar-refractivity contribution < 1.29 is 9.21 Å². The van der Waals surface area contributed by atoms with Crippen molar-refractivity contribution in [1.82, 2.24) is 4.98 Å². The Balaban J connectivity index is 1.49. The van der Waals surface area contributed by atoms with Gasteiger partial charge >= 0.3 is 0 Å². The van der Waals surface area contributed by atoms with Gasteiger partial charge in [-0.25, -0.2) is 4.98 Å². The lowest BCUT2D eigenvalue weighted by Gasteiger charge is -2.00. The number of nitrogens with one attached hydrogen (secondary N) is 1. The third-order valence-corrected chi connectivity index (χ3v) is 5.49. The number of thiazole rings is 1. The van der Waals surface area contributed by atoms with Crippen LogP contribution in [0.1, 0.15) is 5.76 Å². The Morgan fingerprint density at radius 3 is 2.57 bits per heavy atom. The van der Waals surface area contributed by atoms with E-state index in [9.17, 15) is 10.1 Å². The minimum Gasteiger partial charge on any atom is -0.457 e. The topological polar surface area (TPSA) is 78.9 Å². The van der Waals surface area contributed by atoms with Crippen LogP contribution in [0.3, 0.4) is 0 Å². The molecule has 5 nitrogen and oxygen atoms in total. The number of hydrogen-bond donors (Lipinski definition) is 1. The van der Waals surface area contributed by atoms with Gasteiger partial charge in [-0.3, -0.25) is 10.1 Å². The normalized spacial score (nSPS) is 11.1. The van der Waals surface area contributed by atoms with E-state index >= 15 is 0 Å². The summed E-state index contributed by atoms with van der Waals surface area (Å²) in [5.41, 5.74) is 2.56. The highest BCUT2D eigenvalue weighted by Crippen LogP contribution is 2.26. The van der Waals surface area contributed by atoms with Crippen LogP contribution in [0.15, 0.2) is 86.6 Å². The van der Waals surface area contributed by atoms with Gasteiger partial charge in [-0.1, -0.05) is 58.4 Å². The number of carbonyl (C=O) groups is 1. The first-order valence-electron chi connectivity index (χ1n) is 8.92. The van der Waals surface area contributed by atoms with Gasteiger partial charge < -0.3 is 4.42 Å². The van der Waals surface area contributed by atoms with Gasteiger partial charge in [0.25, 0.3) is 5.91 Å². The molecule has 1 N–H and O–H groups in total. The summed E-state index contributed by atoms with van der Waals surface area (Å²) in [7, 11) is 0. The second kappa shape index (κ2) is 8.91. The molecule has 7 heteroatoms. The predicted molar refractivity (Wildman–Crippen MR) is 122 cm³/mol. The SMILES string of the molecule is N#CC(=Cc1ccc(-c2ccc(Br)cc2)o1)C(=O)Nc1nc(-c2ccccc2)cs1. The Labute approximate surface area is 185 Å². The Kier molecular flexibility index (Phi) is 5.89. The summed E-state index contributed by atoms with van der Waals surface area (Å²) in [6.45, 7) is 0. The summed E-state index contributed by atoms with van der Waals surface area (Å²) in [5, 5.41) is 14.4. The molecule has 30 heavy (non-hydrogen) atoms. The summed E-state index contributed by atoms with van der Waals surface area (Å²) in [6.07, 6.45) is 1.42. The van der Waals surface area contributed by atoms with Gasteiger partial charge in [0.15, 0.2) is 5.13 Å². The van der Waals surface area contributed by atoms with Crippen LogP contribution in [0, 0.1) is 11.3 Å². The third kappa shape index (κ3) is 4.57. The monoisotopic (exact) mass is 475 g/mol. The molecule has 0 saturated carbocycles. The number of rotatable bonds is 5. The van der Waals surface area contributed by atoms with Crippen LogP contribution >= 0.6 is 27.3 Å². The third-order valence-electron chi connectivity index (χ3n) is 4.20. The number of nitriles is 1. The average Bonchev–Trinajstić information content (AvgIpc) is 3.43. The number of anilines is 1. The molecule has 0 atom stereocenters. The number of hydrogen-bond acceptors (Lipinski definition) is 5. The molecule has 0 aliphatic carbocycles. The number of aromatic nitrogens is 1. The fourth-order valence-corrected chi connectivity index (χ4v) is 3.71. The lowest BCUT2D eigenvalue weighted by Crippen LogP contribution is -2.13. The second-order valence-corrected chi connectivity index (χ2v) is 8.01. The molecule has 2 aromatic heterocycles. The predicted octanol–water partition coefficient (Wildman–Crippen LogP) is 6.38. The first-order chi connectivity index (χ1) is 14.6. The second-order valence-electron chi connectivity index (χ2n) is 6.24. The molecule has 0 bridgehead atoms. The zero-order chi connectivity index (χ0) is 20.9. The first-order valence-corrected chi connectivity index (χ1v) is 10.6. The van der Waals surface area contributed by atoms with Gasteiger partial charge in [0, 0.05) is 27.1 Å². The number of furan rings is 1. The maximum absolute atomic E-state index is 12.5. The Morgan fingerprint density at radius 1 is 1.07 bits per heavy atom. The van der Waals surface area contributed by atoms with E-state index in [-0.39, 0.29) is 5.57 Å². The molecular weight excluding hydrogens is 462 g/mol. The molecule has 0 fully saturated rings. The van der Waals surface area contributed by atoms with Gasteiger partial charge in [-0.2, -0.15) is 5.26 Å². The summed E-state index contributed by atoms with van der Waals surface area (Å²) in [5.74, 6) is 0.538. The maximum atomic E-state index is 12.5. The summed E-state index contributed by atoms with van der Waals surface area (Å²) in [4.78, 5) is 16.9. The molecule has 146 valence electrons. The van der Waals surface area contributed by atoms with Crippen molar-refractivity contribution in [3.63, 3.8) is 0 Å². The highest BCUT2D eigenvalue weighted by molar-refractivity contribution is 9.10. The number of benzene rings is 2. The zero-order valence-electron chi connectivity index (χ0n) is 15.5. The van der Waals surface area contributed by atoms with Crippen LogP contribution in [-0.2, 0) is 4.79 Å². The van der Waals surface area contributed by atoms with E-state index in [1.807, 2.05) is 66.0 Å². The van der Waals surface area contributed by atoms with E-state index in [1.165, 1.54) is 17.4 Å². The molecule has 0 unspecified atom stereocenters. The van der Waals surface area contributed by atoms with Crippen LogP contribution in [0.2, 0.25) is 0 Å². The quantitative estimate of drug-likeness (QED) is 0.268. The molecule has 2 heterocycles. The molecule has 1 amide bonds. The summed E-state index contributed by atoms with van der Waals surface area (Å²) < 4.78 is 6.74. The number of amides is 1. The van der Waals surface area contributed by atoms with Crippen molar-refractivity contribution in [1.29, 1.82) is 5.26 Å². The van der Waals surface area contributed by atoms with E-state index in [1.54, 1.807) is 12.1 Å². The number of nitrogens with zero attached hydrogens (tertiary/aromatic N) is 2. The van der Waals surface area contributed by atoms with Gasteiger partial charge in [0.2, 0.25) is 0 Å². The van der Waals surface area contributed by atoms with Gasteiger partial charge in [-0.05, 0) is 24.3 Å². The fourth-order valence-electron chi connectivity index (χ4n) is 2.73. The molecule has 0 radical (unpaired) electrons. The fraction of sp³-hybridized carbons (Fsp3) is 0. The smallest absolute Gasteiger partial charge is 0.268 e. The van der Waals surface area contributed by atoms with E-state index in [4.69, 9.17) is 4.42 Å². The Bertz CT molecular complexity index is 1250. The lowest BCUT2D eigenvalue weighted by atomic mass is 10.2. The minimum absolute atomic E-state index is 0.0665. The van der Waals surface area contributed by atoms with E-state index in [0.29, 0.717) is 16.7 Å². The summed E-state index contributed by atoms with van der Waals surface area (Å²) in [6, 6.07) is 22.8. The van der Waals surface area contributed by atoms with Crippen molar-refractivity contribution >= 4 is 44.4 Å². The standard InChI is InChI=1S/C23H14BrN3O2S/c24-18-8-6-16(7-9-18)21-11-10-19(29-21)12-17(13-25)22(28)27-23-26-20(14-30-23)15-4-2-1-3-5-15/h1-12,14H,(H,26,27,28). The van der Waals surface area contributed by atoms with E-state index in [0.717, 1.165) is 21.3 Å². The Morgan fingerprint density at radius 2 is 1.83 bits per heavy atom. The van der Waals surface area contributed by atoms with Gasteiger partial charge in [-0.15, -0.1) is 11.3 Å². The number of carbonyl (C=O) groups excluding carboxylic acids is 1. The highest BCUT2D eigenvalue weighted by atomic mass is 79.9. The van der Waals surface area contributed by atoms with Crippen LogP contribution in [0.25, 0.3) is 28.7 Å². The molecule has 0 saturated heterocycles. The molecule has 4 rings (SSSR count). The van der Waals surface area contributed by atoms with E-state index < -0.39 is 5.91 Å². The first kappa shape index (κ1) is 19.8. The van der Waals surface area contributed by atoms with Crippen LogP contribution < -0.4 is 5.32 Å². The maximum Gasteiger partial charge on any atom is 0.268 e. The van der Waals surface area contributed by atoms with Crippen molar-refractivity contribution in [3.8, 4) is 28.7 Å². The minimum atomic E-state index is -0.534. The van der Waals surface area contributed by atoms with Crippen LogP contribution in [-0.4, -0.2) is 10.9 Å². The summed E-state index contributed by atoms with van der Waals surface area (Å²) >= 11 is 4.70. The van der Waals surface area contributed by atoms with Gasteiger partial charge in [0.1, 0.15) is 23.2 Å². The van der Waals surface area contributed by atoms with Crippen LogP contribution in [0.5, 0.6) is 0 Å². The number of halogens is 1. The van der Waals surface area contributed by atoms with Crippen molar-refractivity contribution in [2.24, 2.45) is 0 Å².